The van der Waals surface area contributed by atoms with Gasteiger partial charge >= 0.3 is 0 Å². The van der Waals surface area contributed by atoms with Gasteiger partial charge in [-0.05, 0) is 72.5 Å². The molecular weight excluding hydrogens is 403 g/mol. The molecular formula is C32H29F. The zero-order chi connectivity index (χ0) is 23.0. The van der Waals surface area contributed by atoms with Gasteiger partial charge in [-0.25, -0.2) is 4.39 Å². The summed E-state index contributed by atoms with van der Waals surface area (Å²) in [5.74, 6) is 6.26. The van der Waals surface area contributed by atoms with Crippen molar-refractivity contribution in [3.63, 3.8) is 0 Å². The first kappa shape index (κ1) is 22.6. The number of allylic oxidation sites excluding steroid dienone is 2. The molecule has 164 valence electrons. The molecule has 0 aliphatic heterocycles. The molecule has 1 heteroatoms. The van der Waals surface area contributed by atoms with E-state index in [1.807, 2.05) is 49.4 Å². The van der Waals surface area contributed by atoms with Crippen LogP contribution in [0.4, 0.5) is 4.39 Å². The van der Waals surface area contributed by atoms with E-state index < -0.39 is 0 Å². The molecule has 0 unspecified atom stereocenters. The molecule has 0 atom stereocenters. The Balaban J connectivity index is 1.55. The van der Waals surface area contributed by atoms with Crippen molar-refractivity contribution >= 4 is 10.8 Å². The number of fused-ring (bicyclic) bond motifs is 1. The summed E-state index contributed by atoms with van der Waals surface area (Å²) in [5, 5.41) is 1.49. The van der Waals surface area contributed by atoms with Gasteiger partial charge in [0, 0.05) is 22.1 Å². The maximum absolute atomic E-state index is 15.3. The average molecular weight is 433 g/mol. The molecule has 0 amide bonds. The van der Waals surface area contributed by atoms with Crippen LogP contribution in [0.25, 0.3) is 21.9 Å². The van der Waals surface area contributed by atoms with Gasteiger partial charge in [-0.15, -0.1) is 0 Å². The van der Waals surface area contributed by atoms with Crippen LogP contribution >= 0.6 is 0 Å². The summed E-state index contributed by atoms with van der Waals surface area (Å²) in [6, 6.07) is 26.2. The van der Waals surface area contributed by atoms with E-state index in [9.17, 15) is 0 Å². The van der Waals surface area contributed by atoms with Crippen molar-refractivity contribution in [3.8, 4) is 23.0 Å². The first-order valence-electron chi connectivity index (χ1n) is 11.7. The molecule has 0 fully saturated rings. The monoisotopic (exact) mass is 432 g/mol. The Morgan fingerprint density at radius 1 is 0.758 bits per heavy atom. The van der Waals surface area contributed by atoms with E-state index in [2.05, 4.69) is 67.3 Å². The first-order valence-corrected chi connectivity index (χ1v) is 11.7. The molecule has 0 aliphatic carbocycles. The highest BCUT2D eigenvalue weighted by molar-refractivity contribution is 5.89. The van der Waals surface area contributed by atoms with Crippen LogP contribution in [-0.2, 0) is 12.8 Å². The third-order valence-electron chi connectivity index (χ3n) is 5.90. The third-order valence-corrected chi connectivity index (χ3v) is 5.90. The van der Waals surface area contributed by atoms with Gasteiger partial charge < -0.3 is 0 Å². The molecule has 33 heavy (non-hydrogen) atoms. The van der Waals surface area contributed by atoms with E-state index in [4.69, 9.17) is 0 Å². The summed E-state index contributed by atoms with van der Waals surface area (Å²) in [6.45, 7) is 4.22. The fraction of sp³-hybridized carbons (Fsp3) is 0.188. The number of benzene rings is 4. The SMILES string of the molecule is C/C=C/CCc1ccc(-c2ccc3cc(C#Cc4ccc(CCC)cc4)ccc3c2F)cc1. The first-order chi connectivity index (χ1) is 16.2. The number of halogens is 1. The zero-order valence-electron chi connectivity index (χ0n) is 19.4. The molecule has 0 saturated heterocycles. The molecule has 0 aliphatic rings. The molecule has 0 nitrogen and oxygen atoms in total. The molecule has 0 radical (unpaired) electrons. The molecule has 0 spiro atoms. The van der Waals surface area contributed by atoms with Crippen molar-refractivity contribution in [3.05, 3.63) is 119 Å². The molecule has 4 aromatic carbocycles. The van der Waals surface area contributed by atoms with Crippen molar-refractivity contribution in [1.29, 1.82) is 0 Å². The van der Waals surface area contributed by atoms with Gasteiger partial charge in [0.15, 0.2) is 0 Å². The Morgan fingerprint density at radius 3 is 2.15 bits per heavy atom. The van der Waals surface area contributed by atoms with E-state index in [1.165, 1.54) is 11.1 Å². The summed E-state index contributed by atoms with van der Waals surface area (Å²) in [6.07, 6.45) is 8.49. The Kier molecular flexibility index (Phi) is 7.38. The second-order valence-corrected chi connectivity index (χ2v) is 8.36. The number of aryl methyl sites for hydroxylation is 2. The third kappa shape index (κ3) is 5.60. The van der Waals surface area contributed by atoms with Crippen LogP contribution in [0.3, 0.4) is 0 Å². The Bertz CT molecular complexity index is 1310. The molecule has 0 aromatic heterocycles. The number of hydrogen-bond donors (Lipinski definition) is 0. The van der Waals surface area contributed by atoms with Crippen molar-refractivity contribution in [2.24, 2.45) is 0 Å². The Labute approximate surface area is 196 Å². The Hall–Kier alpha value is -3.63. The molecule has 0 saturated carbocycles. The second-order valence-electron chi connectivity index (χ2n) is 8.36. The van der Waals surface area contributed by atoms with E-state index in [-0.39, 0.29) is 5.82 Å². The highest BCUT2D eigenvalue weighted by Crippen LogP contribution is 2.30. The topological polar surface area (TPSA) is 0 Å². The molecule has 4 aromatic rings. The van der Waals surface area contributed by atoms with Crippen molar-refractivity contribution in [2.75, 3.05) is 0 Å². The lowest BCUT2D eigenvalue weighted by atomic mass is 9.97. The van der Waals surface area contributed by atoms with Gasteiger partial charge in [-0.1, -0.05) is 91.9 Å². The van der Waals surface area contributed by atoms with Gasteiger partial charge in [-0.3, -0.25) is 0 Å². The van der Waals surface area contributed by atoms with Gasteiger partial charge in [0.25, 0.3) is 0 Å². The van der Waals surface area contributed by atoms with E-state index in [1.54, 1.807) is 0 Å². The fourth-order valence-electron chi connectivity index (χ4n) is 4.05. The quantitative estimate of drug-likeness (QED) is 0.212. The summed E-state index contributed by atoms with van der Waals surface area (Å²) in [7, 11) is 0. The lowest BCUT2D eigenvalue weighted by Gasteiger charge is -2.08. The Morgan fingerprint density at radius 2 is 1.42 bits per heavy atom. The number of hydrogen-bond acceptors (Lipinski definition) is 0. The fourth-order valence-corrected chi connectivity index (χ4v) is 4.05. The predicted molar refractivity (Wildman–Crippen MR) is 139 cm³/mol. The molecule has 4 rings (SSSR count). The zero-order valence-corrected chi connectivity index (χ0v) is 19.4. The van der Waals surface area contributed by atoms with Gasteiger partial charge in [-0.2, -0.15) is 0 Å². The molecule has 0 N–H and O–H groups in total. The van der Waals surface area contributed by atoms with Gasteiger partial charge in [0.05, 0.1) is 0 Å². The normalized spacial score (nSPS) is 11.0. The molecule has 0 heterocycles. The highest BCUT2D eigenvalue weighted by atomic mass is 19.1. The summed E-state index contributed by atoms with van der Waals surface area (Å²) >= 11 is 0. The maximum Gasteiger partial charge on any atom is 0.138 e. The minimum Gasteiger partial charge on any atom is -0.206 e. The van der Waals surface area contributed by atoms with Crippen LogP contribution in [0.5, 0.6) is 0 Å². The molecule has 0 bridgehead atoms. The van der Waals surface area contributed by atoms with Crippen molar-refractivity contribution in [2.45, 2.75) is 39.5 Å². The van der Waals surface area contributed by atoms with Crippen LogP contribution in [0.1, 0.15) is 48.9 Å². The maximum atomic E-state index is 15.3. The van der Waals surface area contributed by atoms with E-state index in [0.29, 0.717) is 10.9 Å². The average Bonchev–Trinajstić information content (AvgIpc) is 2.85. The van der Waals surface area contributed by atoms with Crippen LogP contribution in [0.2, 0.25) is 0 Å². The summed E-state index contributed by atoms with van der Waals surface area (Å²) in [4.78, 5) is 0. The second kappa shape index (κ2) is 10.8. The summed E-state index contributed by atoms with van der Waals surface area (Å²) in [5.41, 5.74) is 6.01. The van der Waals surface area contributed by atoms with Gasteiger partial charge in [0.1, 0.15) is 5.82 Å². The lowest BCUT2D eigenvalue weighted by Crippen LogP contribution is -1.89. The predicted octanol–water partition coefficient (Wildman–Crippen LogP) is 8.51. The highest BCUT2D eigenvalue weighted by Gasteiger charge is 2.10. The van der Waals surface area contributed by atoms with Crippen LogP contribution in [-0.4, -0.2) is 0 Å². The van der Waals surface area contributed by atoms with Crippen LogP contribution in [0, 0.1) is 17.7 Å². The van der Waals surface area contributed by atoms with Crippen LogP contribution in [0.15, 0.2) is 91.0 Å². The largest absolute Gasteiger partial charge is 0.206 e. The van der Waals surface area contributed by atoms with Gasteiger partial charge in [0.2, 0.25) is 0 Å². The smallest absolute Gasteiger partial charge is 0.138 e. The summed E-state index contributed by atoms with van der Waals surface area (Å²) < 4.78 is 15.3. The minimum absolute atomic E-state index is 0.180. The van der Waals surface area contributed by atoms with Crippen molar-refractivity contribution < 1.29 is 4.39 Å². The number of rotatable bonds is 6. The minimum atomic E-state index is -0.180. The standard InChI is InChI=1S/C32H29F/c1-3-5-6-8-25-15-18-28(19-16-25)30-22-20-29-23-27(17-21-31(29)32(30)33)14-13-26-11-9-24(7-4-2)10-12-26/h3,5,9-12,15-23H,4,6-8H2,1-2H3/b5-3+. The van der Waals surface area contributed by atoms with Crippen molar-refractivity contribution in [1.82, 2.24) is 0 Å². The van der Waals surface area contributed by atoms with E-state index in [0.717, 1.165) is 47.8 Å². The van der Waals surface area contributed by atoms with E-state index >= 15 is 4.39 Å². The lowest BCUT2D eigenvalue weighted by molar-refractivity contribution is 0.643. The van der Waals surface area contributed by atoms with Crippen LogP contribution < -0.4 is 0 Å².